The first-order valence-electron chi connectivity index (χ1n) is 3.16. The first kappa shape index (κ1) is 7.62. The monoisotopic (exact) mass is 151 g/mol. The lowest BCUT2D eigenvalue weighted by atomic mass is 10.1. The van der Waals surface area contributed by atoms with Crippen LogP contribution in [-0.2, 0) is 4.79 Å². The molecule has 0 aromatic heterocycles. The van der Waals surface area contributed by atoms with Gasteiger partial charge in [0, 0.05) is 0 Å². The van der Waals surface area contributed by atoms with Gasteiger partial charge < -0.3 is 25.2 Å². The molecule has 5 nitrogen and oxygen atoms in total. The fraction of sp³-hybridized carbons (Fsp3) is 0.800. The van der Waals surface area contributed by atoms with Gasteiger partial charge in [-0.15, -0.1) is 0 Å². The maximum atomic E-state index is 10.1. The molecule has 0 saturated heterocycles. The highest BCUT2D eigenvalue weighted by molar-refractivity contribution is 5.56. The normalized spacial score (nSPS) is 21.0. The second-order valence-electron chi connectivity index (χ2n) is 1.80. The molecule has 0 rings (SSSR count). The van der Waals surface area contributed by atoms with E-state index in [1.807, 2.05) is 0 Å². The van der Waals surface area contributed by atoms with Gasteiger partial charge >= 0.3 is 0 Å². The van der Waals surface area contributed by atoms with Crippen molar-refractivity contribution < 1.29 is 26.6 Å². The van der Waals surface area contributed by atoms with Crippen LogP contribution in [0.15, 0.2) is 0 Å². The van der Waals surface area contributed by atoms with Crippen LogP contribution >= 0.6 is 0 Å². The zero-order valence-electron chi connectivity index (χ0n) is 6.14. The fourth-order valence-electron chi connectivity index (χ4n) is 0.388. The average Bonchev–Trinajstić information content (AvgIpc) is 2.00. The van der Waals surface area contributed by atoms with Gasteiger partial charge in [-0.3, -0.25) is 0 Å². The molecule has 0 heterocycles. The van der Waals surface area contributed by atoms with Gasteiger partial charge in [-0.1, -0.05) is 0 Å². The summed E-state index contributed by atoms with van der Waals surface area (Å²) in [6.07, 6.45) is -6.76. The fourth-order valence-corrected chi connectivity index (χ4v) is 0.388. The van der Waals surface area contributed by atoms with E-state index in [1.165, 1.54) is 0 Å². The lowest BCUT2D eigenvalue weighted by Gasteiger charge is -2.16. The lowest BCUT2D eigenvalue weighted by Crippen LogP contribution is -2.40. The summed E-state index contributed by atoms with van der Waals surface area (Å²) in [5.74, 6) is 0. The number of hydrogen-bond acceptors (Lipinski definition) is 5. The molecule has 60 valence electrons. The third-order valence-electron chi connectivity index (χ3n) is 1.03. The number of rotatable bonds is 4. The molecule has 0 saturated carbocycles. The quantitative estimate of drug-likeness (QED) is 0.327. The Morgan fingerprint density at radius 1 is 1.50 bits per heavy atom. The molecule has 0 fully saturated rings. The molecule has 0 bridgehead atoms. The summed E-state index contributed by atoms with van der Waals surface area (Å²) in [5, 5.41) is 34.3. The Hall–Kier alpha value is -0.490. The van der Waals surface area contributed by atoms with E-state index in [2.05, 4.69) is 0 Å². The molecule has 5 heteroatoms. The third kappa shape index (κ3) is 2.40. The topological polar surface area (TPSA) is 98.0 Å². The molecule has 0 radical (unpaired) electrons. The zero-order valence-corrected chi connectivity index (χ0v) is 5.14. The summed E-state index contributed by atoms with van der Waals surface area (Å²) >= 11 is 0. The molecule has 0 amide bonds. The van der Waals surface area contributed by atoms with Gasteiger partial charge in [-0.05, 0) is 0 Å². The van der Waals surface area contributed by atoms with Crippen molar-refractivity contribution in [3.05, 3.63) is 0 Å². The van der Waals surface area contributed by atoms with Crippen LogP contribution in [0.25, 0.3) is 0 Å². The highest BCUT2D eigenvalue weighted by Crippen LogP contribution is 1.96. The Bertz CT molecular complexity index is 139. The van der Waals surface area contributed by atoms with Gasteiger partial charge in [-0.2, -0.15) is 0 Å². The minimum atomic E-state index is -1.96. The SMILES string of the molecule is [2H]C(=O)[C@H](O)[C@@H](O)[C@@H](O)CO. The molecule has 0 unspecified atom stereocenters. The van der Waals surface area contributed by atoms with Gasteiger partial charge in [0.25, 0.3) is 0 Å². The Morgan fingerprint density at radius 3 is 2.30 bits per heavy atom. The van der Waals surface area contributed by atoms with Gasteiger partial charge in [0.15, 0.2) is 6.26 Å². The maximum Gasteiger partial charge on any atom is 0.151 e. The van der Waals surface area contributed by atoms with Crippen LogP contribution in [0.1, 0.15) is 1.37 Å². The summed E-state index contributed by atoms with van der Waals surface area (Å²) in [6.45, 7) is -0.772. The predicted octanol–water partition coefficient (Wildman–Crippen LogP) is -2.74. The zero-order chi connectivity index (χ0) is 9.02. The molecule has 0 aliphatic rings. The highest BCUT2D eigenvalue weighted by atomic mass is 16.4. The minimum absolute atomic E-state index is 0.772. The molecular formula is C5H10O5. The van der Waals surface area contributed by atoms with Crippen molar-refractivity contribution in [1.29, 1.82) is 0 Å². The van der Waals surface area contributed by atoms with E-state index in [0.717, 1.165) is 0 Å². The third-order valence-corrected chi connectivity index (χ3v) is 1.03. The Kier molecular flexibility index (Phi) is 3.31. The van der Waals surface area contributed by atoms with E-state index in [4.69, 9.17) is 21.8 Å². The number of aldehydes is 1. The molecule has 0 aromatic rings. The van der Waals surface area contributed by atoms with Gasteiger partial charge in [0.05, 0.1) is 6.61 Å². The van der Waals surface area contributed by atoms with Crippen LogP contribution in [0.2, 0.25) is 0 Å². The van der Waals surface area contributed by atoms with Crippen LogP contribution in [-0.4, -0.2) is 51.6 Å². The van der Waals surface area contributed by atoms with Gasteiger partial charge in [-0.25, -0.2) is 0 Å². The molecule has 4 N–H and O–H groups in total. The van der Waals surface area contributed by atoms with Crippen molar-refractivity contribution in [2.24, 2.45) is 0 Å². The number of hydrogen-bond donors (Lipinski definition) is 4. The van der Waals surface area contributed by atoms with E-state index >= 15 is 0 Å². The molecule has 3 atom stereocenters. The lowest BCUT2D eigenvalue weighted by molar-refractivity contribution is -0.127. The average molecular weight is 151 g/mol. The first-order chi connectivity index (χ1) is 5.00. The second kappa shape index (κ2) is 4.35. The molecule has 0 spiro atoms. The van der Waals surface area contributed by atoms with E-state index < -0.39 is 31.2 Å². The van der Waals surface area contributed by atoms with E-state index in [9.17, 15) is 4.79 Å². The summed E-state index contributed by atoms with van der Waals surface area (Å²) < 4.78 is 6.34. The first-order valence-corrected chi connectivity index (χ1v) is 2.66. The minimum Gasteiger partial charge on any atom is -0.394 e. The Balaban J connectivity index is 4.00. The molecular weight excluding hydrogens is 140 g/mol. The summed E-state index contributed by atoms with van der Waals surface area (Å²) in [6, 6.07) is 0. The maximum absolute atomic E-state index is 10.1. The molecule has 0 aliphatic heterocycles. The summed E-state index contributed by atoms with van der Waals surface area (Å²) in [5.41, 5.74) is 0. The summed E-state index contributed by atoms with van der Waals surface area (Å²) in [7, 11) is 0. The molecule has 10 heavy (non-hydrogen) atoms. The van der Waals surface area contributed by atoms with E-state index in [0.29, 0.717) is 0 Å². The van der Waals surface area contributed by atoms with Crippen molar-refractivity contribution >= 4 is 6.26 Å². The number of aliphatic hydroxyl groups is 4. The van der Waals surface area contributed by atoms with E-state index in [-0.39, 0.29) is 0 Å². The Morgan fingerprint density at radius 2 is 2.00 bits per heavy atom. The van der Waals surface area contributed by atoms with Crippen molar-refractivity contribution in [3.8, 4) is 0 Å². The largest absolute Gasteiger partial charge is 0.394 e. The molecule has 0 aromatic carbocycles. The van der Waals surface area contributed by atoms with Crippen LogP contribution in [0.3, 0.4) is 0 Å². The van der Waals surface area contributed by atoms with Gasteiger partial charge in [0.2, 0.25) is 0 Å². The predicted molar refractivity (Wildman–Crippen MR) is 31.2 cm³/mol. The number of carbonyl (C=O) groups excluding carboxylic acids is 1. The number of aliphatic hydroxyl groups excluding tert-OH is 4. The van der Waals surface area contributed by atoms with Gasteiger partial charge in [0.1, 0.15) is 19.7 Å². The van der Waals surface area contributed by atoms with Crippen LogP contribution in [0.5, 0.6) is 0 Å². The summed E-state index contributed by atoms with van der Waals surface area (Å²) in [4.78, 5) is 10.1. The second-order valence-corrected chi connectivity index (χ2v) is 1.80. The number of carbonyl (C=O) groups is 1. The van der Waals surface area contributed by atoms with Crippen LogP contribution < -0.4 is 0 Å². The highest BCUT2D eigenvalue weighted by Gasteiger charge is 2.22. The van der Waals surface area contributed by atoms with Crippen molar-refractivity contribution in [2.75, 3.05) is 6.61 Å². The Labute approximate surface area is 58.9 Å². The van der Waals surface area contributed by atoms with Crippen molar-refractivity contribution in [2.45, 2.75) is 18.3 Å². The van der Waals surface area contributed by atoms with Crippen LogP contribution in [0, 0.1) is 0 Å². The standard InChI is InChI=1S/C5H10O5/c6-1-3(8)5(10)4(9)2-7/h1,3-5,7-10H,2H2/t3-,4-,5+/m0/s1/i1D. The van der Waals surface area contributed by atoms with Crippen molar-refractivity contribution in [1.82, 2.24) is 0 Å². The molecule has 0 aliphatic carbocycles. The van der Waals surface area contributed by atoms with Crippen molar-refractivity contribution in [3.63, 3.8) is 0 Å². The smallest absolute Gasteiger partial charge is 0.151 e. The van der Waals surface area contributed by atoms with Crippen LogP contribution in [0.4, 0.5) is 0 Å². The van der Waals surface area contributed by atoms with E-state index in [1.54, 1.807) is 0 Å².